The number of ether oxygens (including phenoxy) is 5. The molecule has 1 heterocycles. The van der Waals surface area contributed by atoms with Crippen molar-refractivity contribution in [3.05, 3.63) is 17.7 Å². The van der Waals surface area contributed by atoms with Crippen LogP contribution in [0.4, 0.5) is 0 Å². The zero-order valence-corrected chi connectivity index (χ0v) is 14.7. The zero-order chi connectivity index (χ0) is 16.9. The van der Waals surface area contributed by atoms with Gasteiger partial charge in [-0.1, -0.05) is 0 Å². The predicted molar refractivity (Wildman–Crippen MR) is 87.7 cm³/mol. The average molecular weight is 342 g/mol. The molecular weight excluding hydrogens is 320 g/mol. The topological polar surface area (TPSA) is 63.2 Å². The molecule has 0 unspecified atom stereocenters. The molecule has 2 rings (SSSR count). The van der Waals surface area contributed by atoms with Crippen molar-refractivity contribution in [1.82, 2.24) is 0 Å². The summed E-state index contributed by atoms with van der Waals surface area (Å²) in [5.41, 5.74) is 1.04. The van der Waals surface area contributed by atoms with Gasteiger partial charge in [0.15, 0.2) is 11.5 Å². The number of hydrogen-bond donors (Lipinski definition) is 0. The molecule has 0 amide bonds. The minimum atomic E-state index is -0.210. The molecule has 128 valence electrons. The highest BCUT2D eigenvalue weighted by Gasteiger charge is 2.42. The van der Waals surface area contributed by atoms with Gasteiger partial charge >= 0.3 is 5.97 Å². The Hall–Kier alpha value is -1.60. The van der Waals surface area contributed by atoms with Gasteiger partial charge in [0.25, 0.3) is 0 Å². The number of rotatable bonds is 8. The number of carbonyl (C=O) groups is 1. The SMILES string of the molecule is COC(=O)CCSC1(c2cc(OC)c(OC)c(OC)c2)COC1. The molecule has 0 bridgehead atoms. The predicted octanol–water partition coefficient (Wildman–Crippen LogP) is 2.23. The molecule has 1 aliphatic heterocycles. The second-order valence-electron chi connectivity index (χ2n) is 5.08. The van der Waals surface area contributed by atoms with E-state index in [-0.39, 0.29) is 10.7 Å². The van der Waals surface area contributed by atoms with Crippen LogP contribution >= 0.6 is 11.8 Å². The molecule has 1 aliphatic rings. The molecule has 7 heteroatoms. The Kier molecular flexibility index (Phi) is 6.01. The fraction of sp³-hybridized carbons (Fsp3) is 0.562. The van der Waals surface area contributed by atoms with Gasteiger partial charge in [0.2, 0.25) is 5.75 Å². The molecule has 0 atom stereocenters. The molecule has 0 N–H and O–H groups in total. The Morgan fingerprint density at radius 1 is 1.13 bits per heavy atom. The number of carbonyl (C=O) groups excluding carboxylic acids is 1. The van der Waals surface area contributed by atoms with Gasteiger partial charge in [-0.2, -0.15) is 0 Å². The van der Waals surface area contributed by atoms with Gasteiger partial charge in [0.1, 0.15) is 0 Å². The molecule has 0 aromatic heterocycles. The molecule has 23 heavy (non-hydrogen) atoms. The summed E-state index contributed by atoms with van der Waals surface area (Å²) in [4.78, 5) is 11.3. The van der Waals surface area contributed by atoms with E-state index in [4.69, 9.17) is 18.9 Å². The van der Waals surface area contributed by atoms with Gasteiger partial charge in [-0.25, -0.2) is 0 Å². The van der Waals surface area contributed by atoms with Crippen LogP contribution in [0.2, 0.25) is 0 Å². The van der Waals surface area contributed by atoms with Crippen LogP contribution in [0.15, 0.2) is 12.1 Å². The monoisotopic (exact) mass is 342 g/mol. The molecule has 0 aliphatic carbocycles. The number of esters is 1. The highest BCUT2D eigenvalue weighted by Crippen LogP contribution is 2.48. The van der Waals surface area contributed by atoms with Crippen molar-refractivity contribution in [3.63, 3.8) is 0 Å². The van der Waals surface area contributed by atoms with Crippen molar-refractivity contribution < 1.29 is 28.5 Å². The van der Waals surface area contributed by atoms with Crippen LogP contribution in [0.1, 0.15) is 12.0 Å². The summed E-state index contributed by atoms with van der Waals surface area (Å²) in [7, 11) is 6.16. The van der Waals surface area contributed by atoms with Gasteiger partial charge in [-0.05, 0) is 17.7 Å². The summed E-state index contributed by atoms with van der Waals surface area (Å²) in [5, 5.41) is 0. The molecule has 1 fully saturated rings. The van der Waals surface area contributed by atoms with Gasteiger partial charge < -0.3 is 23.7 Å². The average Bonchev–Trinajstić information content (AvgIpc) is 2.55. The number of methoxy groups -OCH3 is 4. The van der Waals surface area contributed by atoms with Crippen molar-refractivity contribution in [2.75, 3.05) is 47.4 Å². The minimum Gasteiger partial charge on any atom is -0.493 e. The Bertz CT molecular complexity index is 530. The van der Waals surface area contributed by atoms with E-state index in [0.717, 1.165) is 5.56 Å². The second-order valence-corrected chi connectivity index (χ2v) is 6.55. The third-order valence-electron chi connectivity index (χ3n) is 3.77. The Labute approximate surface area is 140 Å². The Balaban J connectivity index is 2.25. The lowest BCUT2D eigenvalue weighted by atomic mass is 9.95. The summed E-state index contributed by atoms with van der Waals surface area (Å²) in [6.07, 6.45) is 0.368. The highest BCUT2D eigenvalue weighted by atomic mass is 32.2. The standard InChI is InChI=1S/C16H22O6S/c1-18-12-7-11(8-13(19-2)15(12)21-4)16(9-22-10-16)23-6-5-14(17)20-3/h7-8H,5-6,9-10H2,1-4H3. The zero-order valence-electron chi connectivity index (χ0n) is 13.8. The Morgan fingerprint density at radius 3 is 2.13 bits per heavy atom. The number of benzene rings is 1. The van der Waals surface area contributed by atoms with Crippen LogP contribution in [-0.2, 0) is 19.0 Å². The molecule has 1 aromatic carbocycles. The van der Waals surface area contributed by atoms with Crippen LogP contribution < -0.4 is 14.2 Å². The molecule has 6 nitrogen and oxygen atoms in total. The Morgan fingerprint density at radius 2 is 1.74 bits per heavy atom. The third kappa shape index (κ3) is 3.67. The quantitative estimate of drug-likeness (QED) is 0.671. The first-order valence-electron chi connectivity index (χ1n) is 7.19. The van der Waals surface area contributed by atoms with Crippen LogP contribution in [-0.4, -0.2) is 53.4 Å². The summed E-state index contributed by atoms with van der Waals surface area (Å²) < 4.78 is 26.1. The molecule has 1 aromatic rings. The first kappa shape index (κ1) is 17.7. The third-order valence-corrected chi connectivity index (χ3v) is 5.21. The van der Waals surface area contributed by atoms with Crippen LogP contribution in [0, 0.1) is 0 Å². The first-order valence-corrected chi connectivity index (χ1v) is 8.17. The summed E-state index contributed by atoms with van der Waals surface area (Å²) in [6.45, 7) is 1.16. The fourth-order valence-electron chi connectivity index (χ4n) is 2.40. The van der Waals surface area contributed by atoms with Crippen molar-refractivity contribution in [2.24, 2.45) is 0 Å². The van der Waals surface area contributed by atoms with Gasteiger partial charge in [-0.15, -0.1) is 11.8 Å². The van der Waals surface area contributed by atoms with Crippen molar-refractivity contribution in [2.45, 2.75) is 11.2 Å². The molecule has 0 saturated carbocycles. The maximum absolute atomic E-state index is 11.3. The lowest BCUT2D eigenvalue weighted by Crippen LogP contribution is -2.44. The highest BCUT2D eigenvalue weighted by molar-refractivity contribution is 8.00. The van der Waals surface area contributed by atoms with Crippen LogP contribution in [0.5, 0.6) is 17.2 Å². The van der Waals surface area contributed by atoms with Crippen LogP contribution in [0.3, 0.4) is 0 Å². The van der Waals surface area contributed by atoms with Gasteiger partial charge in [0, 0.05) is 5.75 Å². The van der Waals surface area contributed by atoms with E-state index in [2.05, 4.69) is 4.74 Å². The lowest BCUT2D eigenvalue weighted by Gasteiger charge is -2.41. The van der Waals surface area contributed by atoms with E-state index in [1.807, 2.05) is 12.1 Å². The van der Waals surface area contributed by atoms with Crippen molar-refractivity contribution in [1.29, 1.82) is 0 Å². The summed E-state index contributed by atoms with van der Waals surface area (Å²) in [5.74, 6) is 2.24. The minimum absolute atomic E-state index is 0.207. The summed E-state index contributed by atoms with van der Waals surface area (Å²) in [6, 6.07) is 3.88. The fourth-order valence-corrected chi connectivity index (χ4v) is 3.67. The molecular formula is C16H22O6S. The molecule has 0 radical (unpaired) electrons. The lowest BCUT2D eigenvalue weighted by molar-refractivity contribution is -0.140. The first-order chi connectivity index (χ1) is 11.1. The normalized spacial score (nSPS) is 15.5. The van der Waals surface area contributed by atoms with E-state index < -0.39 is 0 Å². The van der Waals surface area contributed by atoms with E-state index in [1.54, 1.807) is 33.1 Å². The number of thioether (sulfide) groups is 1. The second kappa shape index (κ2) is 7.79. The van der Waals surface area contributed by atoms with Crippen molar-refractivity contribution in [3.8, 4) is 17.2 Å². The van der Waals surface area contributed by atoms with Crippen molar-refractivity contribution >= 4 is 17.7 Å². The smallest absolute Gasteiger partial charge is 0.306 e. The maximum Gasteiger partial charge on any atom is 0.306 e. The van der Waals surface area contributed by atoms with E-state index in [1.165, 1.54) is 7.11 Å². The van der Waals surface area contributed by atoms with E-state index in [9.17, 15) is 4.79 Å². The number of hydrogen-bond acceptors (Lipinski definition) is 7. The molecule has 1 saturated heterocycles. The maximum atomic E-state index is 11.3. The van der Waals surface area contributed by atoms with Gasteiger partial charge in [-0.3, -0.25) is 4.79 Å². The van der Waals surface area contributed by atoms with E-state index in [0.29, 0.717) is 42.6 Å². The summed E-state index contributed by atoms with van der Waals surface area (Å²) >= 11 is 1.68. The molecule has 0 spiro atoms. The van der Waals surface area contributed by atoms with Crippen LogP contribution in [0.25, 0.3) is 0 Å². The largest absolute Gasteiger partial charge is 0.493 e. The van der Waals surface area contributed by atoms with E-state index >= 15 is 0 Å². The van der Waals surface area contributed by atoms with Gasteiger partial charge in [0.05, 0.1) is 52.8 Å².